The smallest absolute Gasteiger partial charge is 0.375 e. The Labute approximate surface area is 71.5 Å². The van der Waals surface area contributed by atoms with Crippen molar-refractivity contribution in [3.63, 3.8) is 0 Å². The predicted molar refractivity (Wildman–Crippen MR) is 42.5 cm³/mol. The van der Waals surface area contributed by atoms with E-state index < -0.39 is 18.1 Å². The fourth-order valence-electron chi connectivity index (χ4n) is 1.41. The Morgan fingerprint density at radius 3 is 2.00 bits per heavy atom. The van der Waals surface area contributed by atoms with E-state index in [0.717, 1.165) is 0 Å². The van der Waals surface area contributed by atoms with E-state index in [4.69, 9.17) is 0 Å². The summed E-state index contributed by atoms with van der Waals surface area (Å²) in [5.74, 6) is -0.449. The van der Waals surface area contributed by atoms with Crippen molar-refractivity contribution in [2.45, 2.75) is 26.8 Å². The minimum atomic E-state index is -0.556. The van der Waals surface area contributed by atoms with Gasteiger partial charge in [0.1, 0.15) is 6.04 Å². The van der Waals surface area contributed by atoms with Crippen molar-refractivity contribution in [2.75, 3.05) is 7.05 Å². The first-order valence-corrected chi connectivity index (χ1v) is 3.82. The molecule has 1 saturated heterocycles. The summed E-state index contributed by atoms with van der Waals surface area (Å²) in [6.07, 6.45) is -0.556. The fraction of sp³-hybridized carbons (Fsp3) is 0.750. The van der Waals surface area contributed by atoms with Crippen molar-refractivity contribution in [1.82, 2.24) is 4.90 Å². The highest BCUT2D eigenvalue weighted by Crippen LogP contribution is 2.28. The lowest BCUT2D eigenvalue weighted by atomic mass is 9.86. The Morgan fingerprint density at radius 1 is 1.33 bits per heavy atom. The van der Waals surface area contributed by atoms with Crippen LogP contribution >= 0.6 is 0 Å². The molecule has 0 aromatic rings. The zero-order valence-corrected chi connectivity index (χ0v) is 7.75. The van der Waals surface area contributed by atoms with Gasteiger partial charge in [0, 0.05) is 7.05 Å². The molecule has 0 spiro atoms. The van der Waals surface area contributed by atoms with Gasteiger partial charge in [0.05, 0.1) is 0 Å². The van der Waals surface area contributed by atoms with Crippen molar-refractivity contribution in [3.8, 4) is 0 Å². The normalized spacial score (nSPS) is 24.7. The molecule has 1 fully saturated rings. The monoisotopic (exact) mass is 171 g/mol. The molecule has 4 heteroatoms. The summed E-state index contributed by atoms with van der Waals surface area (Å²) in [5.41, 5.74) is -0.266. The van der Waals surface area contributed by atoms with Crippen LogP contribution in [0.3, 0.4) is 0 Å². The third-order valence-corrected chi connectivity index (χ3v) is 1.91. The van der Waals surface area contributed by atoms with Crippen LogP contribution in [0.4, 0.5) is 4.79 Å². The first-order valence-electron chi connectivity index (χ1n) is 3.82. The quantitative estimate of drug-likeness (QED) is 0.403. The van der Waals surface area contributed by atoms with Gasteiger partial charge in [-0.05, 0) is 5.41 Å². The molecule has 4 nitrogen and oxygen atoms in total. The van der Waals surface area contributed by atoms with Crippen LogP contribution < -0.4 is 0 Å². The first kappa shape index (κ1) is 9.03. The standard InChI is InChI=1S/C8H13NO3/c1-8(2,3)5-6(10)12-7(11)9(5)4/h5H,1-4H3. The fourth-order valence-corrected chi connectivity index (χ4v) is 1.41. The average molecular weight is 171 g/mol. The van der Waals surface area contributed by atoms with E-state index in [-0.39, 0.29) is 5.41 Å². The van der Waals surface area contributed by atoms with E-state index in [2.05, 4.69) is 4.74 Å². The minimum absolute atomic E-state index is 0.266. The van der Waals surface area contributed by atoms with Gasteiger partial charge in [0.2, 0.25) is 0 Å². The number of esters is 1. The number of carbonyl (C=O) groups is 2. The van der Waals surface area contributed by atoms with Gasteiger partial charge in [-0.1, -0.05) is 20.8 Å². The van der Waals surface area contributed by atoms with Crippen molar-refractivity contribution in [3.05, 3.63) is 0 Å². The summed E-state index contributed by atoms with van der Waals surface area (Å²) in [5, 5.41) is 0. The van der Waals surface area contributed by atoms with Gasteiger partial charge in [-0.25, -0.2) is 9.59 Å². The predicted octanol–water partition coefficient (Wildman–Crippen LogP) is 1.01. The molecule has 0 aromatic heterocycles. The summed E-state index contributed by atoms with van der Waals surface area (Å²) in [4.78, 5) is 23.4. The van der Waals surface area contributed by atoms with Crippen LogP contribution in [0.2, 0.25) is 0 Å². The molecule has 12 heavy (non-hydrogen) atoms. The Kier molecular flexibility index (Phi) is 1.86. The number of rotatable bonds is 0. The molecule has 1 atom stereocenters. The van der Waals surface area contributed by atoms with E-state index in [0.29, 0.717) is 0 Å². The maximum atomic E-state index is 11.2. The highest BCUT2D eigenvalue weighted by molar-refractivity contribution is 5.95. The van der Waals surface area contributed by atoms with Gasteiger partial charge in [0.25, 0.3) is 0 Å². The molecule has 1 amide bonds. The number of ether oxygens (including phenoxy) is 1. The number of likely N-dealkylation sites (N-methyl/N-ethyl adjacent to an activating group) is 1. The minimum Gasteiger partial charge on any atom is -0.375 e. The Balaban J connectivity index is 2.91. The van der Waals surface area contributed by atoms with Gasteiger partial charge in [-0.15, -0.1) is 0 Å². The van der Waals surface area contributed by atoms with Crippen LogP contribution in [-0.2, 0) is 9.53 Å². The van der Waals surface area contributed by atoms with E-state index in [1.165, 1.54) is 4.90 Å². The van der Waals surface area contributed by atoms with Crippen LogP contribution in [0.15, 0.2) is 0 Å². The van der Waals surface area contributed by atoms with E-state index in [1.54, 1.807) is 7.05 Å². The summed E-state index contributed by atoms with van der Waals surface area (Å²) in [6, 6.07) is -0.454. The molecule has 0 bridgehead atoms. The lowest BCUT2D eigenvalue weighted by Crippen LogP contribution is -2.41. The number of carbonyl (C=O) groups excluding carboxylic acids is 2. The SMILES string of the molecule is CN1C(=O)OC(=O)C1C(C)(C)C. The maximum Gasteiger partial charge on any atom is 0.418 e. The van der Waals surface area contributed by atoms with Crippen molar-refractivity contribution in [2.24, 2.45) is 5.41 Å². The van der Waals surface area contributed by atoms with E-state index in [1.807, 2.05) is 20.8 Å². The average Bonchev–Trinajstić information content (AvgIpc) is 2.05. The lowest BCUT2D eigenvalue weighted by Gasteiger charge is -2.27. The largest absolute Gasteiger partial charge is 0.418 e. The first-order chi connectivity index (χ1) is 5.34. The highest BCUT2D eigenvalue weighted by Gasteiger charge is 2.45. The zero-order chi connectivity index (χ0) is 9.52. The van der Waals surface area contributed by atoms with E-state index >= 15 is 0 Å². The van der Waals surface area contributed by atoms with Crippen LogP contribution in [0.25, 0.3) is 0 Å². The molecule has 0 radical (unpaired) electrons. The molecule has 68 valence electrons. The van der Waals surface area contributed by atoms with Crippen molar-refractivity contribution >= 4 is 12.1 Å². The van der Waals surface area contributed by atoms with Gasteiger partial charge in [0.15, 0.2) is 0 Å². The Bertz CT molecular complexity index is 229. The number of nitrogens with zero attached hydrogens (tertiary/aromatic N) is 1. The third kappa shape index (κ3) is 1.29. The molecule has 1 unspecified atom stereocenters. The Morgan fingerprint density at radius 2 is 1.83 bits per heavy atom. The lowest BCUT2D eigenvalue weighted by molar-refractivity contribution is -0.138. The van der Waals surface area contributed by atoms with Crippen LogP contribution in [0.1, 0.15) is 20.8 Å². The van der Waals surface area contributed by atoms with Crippen LogP contribution in [0, 0.1) is 5.41 Å². The van der Waals surface area contributed by atoms with Crippen molar-refractivity contribution in [1.29, 1.82) is 0 Å². The van der Waals surface area contributed by atoms with Gasteiger partial charge in [-0.3, -0.25) is 4.90 Å². The van der Waals surface area contributed by atoms with Crippen molar-refractivity contribution < 1.29 is 14.3 Å². The van der Waals surface area contributed by atoms with Crippen LogP contribution in [0.5, 0.6) is 0 Å². The molecule has 0 N–H and O–H groups in total. The maximum absolute atomic E-state index is 11.2. The molecular formula is C8H13NO3. The number of cyclic esters (lactones) is 2. The molecule has 1 aliphatic rings. The summed E-state index contributed by atoms with van der Waals surface area (Å²) in [6.45, 7) is 5.69. The van der Waals surface area contributed by atoms with Gasteiger partial charge >= 0.3 is 12.1 Å². The highest BCUT2D eigenvalue weighted by atomic mass is 16.6. The molecule has 0 saturated carbocycles. The zero-order valence-electron chi connectivity index (χ0n) is 7.75. The third-order valence-electron chi connectivity index (χ3n) is 1.91. The number of amides is 1. The second-order valence-electron chi connectivity index (χ2n) is 4.07. The van der Waals surface area contributed by atoms with Gasteiger partial charge < -0.3 is 4.74 Å². The topological polar surface area (TPSA) is 46.6 Å². The molecule has 1 aliphatic heterocycles. The molecule has 0 aromatic carbocycles. The molecule has 0 aliphatic carbocycles. The van der Waals surface area contributed by atoms with Crippen LogP contribution in [-0.4, -0.2) is 30.1 Å². The summed E-state index contributed by atoms with van der Waals surface area (Å²) >= 11 is 0. The van der Waals surface area contributed by atoms with E-state index in [9.17, 15) is 9.59 Å². The summed E-state index contributed by atoms with van der Waals surface area (Å²) in [7, 11) is 1.57. The summed E-state index contributed by atoms with van der Waals surface area (Å²) < 4.78 is 4.46. The second-order valence-corrected chi connectivity index (χ2v) is 4.07. The molecule has 1 rings (SSSR count). The number of hydrogen-bond donors (Lipinski definition) is 0. The second kappa shape index (κ2) is 2.47. The molecule has 1 heterocycles. The Hall–Kier alpha value is -1.06. The van der Waals surface area contributed by atoms with Gasteiger partial charge in [-0.2, -0.15) is 0 Å². The number of hydrogen-bond acceptors (Lipinski definition) is 3. The molecular weight excluding hydrogens is 158 g/mol.